The first-order valence-corrected chi connectivity index (χ1v) is 4.10. The molecule has 0 aliphatic heterocycles. The van der Waals surface area contributed by atoms with Crippen LogP contribution in [0.15, 0.2) is 6.20 Å². The van der Waals surface area contributed by atoms with Crippen LogP contribution >= 0.6 is 0 Å². The predicted octanol–water partition coefficient (Wildman–Crippen LogP) is 0.200. The fourth-order valence-corrected chi connectivity index (χ4v) is 1.30. The molecule has 0 atom stereocenters. The first-order valence-electron chi connectivity index (χ1n) is 4.10. The molecule has 0 amide bonds. The third kappa shape index (κ3) is 1.27. The van der Waals surface area contributed by atoms with Crippen LogP contribution in [0.25, 0.3) is 5.65 Å². The monoisotopic (exact) mass is 177 g/mol. The van der Waals surface area contributed by atoms with Crippen molar-refractivity contribution in [3.8, 4) is 0 Å². The lowest BCUT2D eigenvalue weighted by molar-refractivity contribution is 0.863. The smallest absolute Gasteiger partial charge is 0.176 e. The number of fused-ring (bicyclic) bond motifs is 1. The van der Waals surface area contributed by atoms with Crippen LogP contribution < -0.4 is 5.73 Å². The van der Waals surface area contributed by atoms with Gasteiger partial charge in [0.2, 0.25) is 0 Å². The summed E-state index contributed by atoms with van der Waals surface area (Å²) in [6.07, 6.45) is 1.81. The number of aryl methyl sites for hydroxylation is 2. The molecule has 0 bridgehead atoms. The minimum Gasteiger partial charge on any atom is -0.325 e. The van der Waals surface area contributed by atoms with Gasteiger partial charge in [0.15, 0.2) is 5.65 Å². The van der Waals surface area contributed by atoms with Gasteiger partial charge in [0, 0.05) is 6.54 Å². The molecule has 0 fully saturated rings. The van der Waals surface area contributed by atoms with Crippen LogP contribution in [0.5, 0.6) is 0 Å². The van der Waals surface area contributed by atoms with E-state index in [1.807, 2.05) is 20.0 Å². The zero-order valence-corrected chi connectivity index (χ0v) is 7.65. The highest BCUT2D eigenvalue weighted by molar-refractivity contribution is 5.42. The first-order chi connectivity index (χ1) is 6.20. The molecule has 2 N–H and O–H groups in total. The van der Waals surface area contributed by atoms with E-state index < -0.39 is 0 Å². The Kier molecular flexibility index (Phi) is 1.73. The average Bonchev–Trinajstić information content (AvgIpc) is 2.46. The van der Waals surface area contributed by atoms with E-state index in [1.54, 1.807) is 4.52 Å². The second-order valence-corrected chi connectivity index (χ2v) is 2.95. The lowest BCUT2D eigenvalue weighted by Crippen LogP contribution is -2.04. The van der Waals surface area contributed by atoms with Crippen molar-refractivity contribution >= 4 is 5.65 Å². The van der Waals surface area contributed by atoms with Gasteiger partial charge in [-0.1, -0.05) is 0 Å². The van der Waals surface area contributed by atoms with E-state index in [0.29, 0.717) is 6.54 Å². The van der Waals surface area contributed by atoms with E-state index in [1.165, 1.54) is 0 Å². The van der Waals surface area contributed by atoms with E-state index >= 15 is 0 Å². The Hall–Kier alpha value is -1.49. The maximum atomic E-state index is 5.49. The lowest BCUT2D eigenvalue weighted by Gasteiger charge is -1.99. The van der Waals surface area contributed by atoms with Crippen LogP contribution in [-0.2, 0) is 6.54 Å². The second kappa shape index (κ2) is 2.77. The summed E-state index contributed by atoms with van der Waals surface area (Å²) < 4.78 is 1.72. The number of rotatable bonds is 1. The lowest BCUT2D eigenvalue weighted by atomic mass is 10.4. The molecule has 13 heavy (non-hydrogen) atoms. The maximum Gasteiger partial charge on any atom is 0.176 e. The normalized spacial score (nSPS) is 11.0. The number of hydrogen-bond acceptors (Lipinski definition) is 4. The van der Waals surface area contributed by atoms with Gasteiger partial charge >= 0.3 is 0 Å². The minimum absolute atomic E-state index is 0.426. The number of nitrogens with two attached hydrogens (primary N) is 1. The molecule has 0 aliphatic carbocycles. The largest absolute Gasteiger partial charge is 0.325 e. The van der Waals surface area contributed by atoms with Crippen LogP contribution in [0.2, 0.25) is 0 Å². The summed E-state index contributed by atoms with van der Waals surface area (Å²) in [5, 5.41) is 4.19. The summed E-state index contributed by atoms with van der Waals surface area (Å²) in [5.74, 6) is 0.749. The van der Waals surface area contributed by atoms with Crippen molar-refractivity contribution in [1.29, 1.82) is 0 Å². The molecule has 2 aromatic heterocycles. The number of aromatic nitrogens is 4. The van der Waals surface area contributed by atoms with Crippen LogP contribution in [0.3, 0.4) is 0 Å². The quantitative estimate of drug-likeness (QED) is 0.675. The van der Waals surface area contributed by atoms with E-state index in [0.717, 1.165) is 22.9 Å². The van der Waals surface area contributed by atoms with Crippen molar-refractivity contribution in [2.75, 3.05) is 0 Å². The summed E-state index contributed by atoms with van der Waals surface area (Å²) in [4.78, 5) is 8.52. The second-order valence-electron chi connectivity index (χ2n) is 2.95. The molecule has 0 unspecified atom stereocenters. The van der Waals surface area contributed by atoms with Crippen LogP contribution in [0.1, 0.15) is 17.2 Å². The molecule has 5 heteroatoms. The Labute approximate surface area is 75.6 Å². The van der Waals surface area contributed by atoms with Crippen LogP contribution in [0, 0.1) is 13.8 Å². The standard InChI is InChI=1S/C8H11N5/c1-5-8-11-6(2)12-13(8)4-7(3-9)10-5/h4H,3,9H2,1-2H3. The summed E-state index contributed by atoms with van der Waals surface area (Å²) in [5.41, 5.74) is 7.99. The van der Waals surface area contributed by atoms with Crippen molar-refractivity contribution in [3.05, 3.63) is 23.4 Å². The van der Waals surface area contributed by atoms with E-state index in [2.05, 4.69) is 15.1 Å². The molecular formula is C8H11N5. The molecule has 0 saturated heterocycles. The summed E-state index contributed by atoms with van der Waals surface area (Å²) in [6.45, 7) is 4.19. The van der Waals surface area contributed by atoms with Gasteiger partial charge < -0.3 is 5.73 Å². The van der Waals surface area contributed by atoms with Gasteiger partial charge in [0.05, 0.1) is 17.6 Å². The van der Waals surface area contributed by atoms with E-state index in [-0.39, 0.29) is 0 Å². The van der Waals surface area contributed by atoms with Crippen molar-refractivity contribution in [2.24, 2.45) is 5.73 Å². The van der Waals surface area contributed by atoms with Crippen LogP contribution in [0.4, 0.5) is 0 Å². The van der Waals surface area contributed by atoms with Crippen molar-refractivity contribution in [2.45, 2.75) is 20.4 Å². The third-order valence-electron chi connectivity index (χ3n) is 1.85. The molecule has 0 spiro atoms. The molecule has 0 aromatic carbocycles. The van der Waals surface area contributed by atoms with Gasteiger partial charge in [-0.15, -0.1) is 0 Å². The molecule has 68 valence electrons. The van der Waals surface area contributed by atoms with Crippen LogP contribution in [-0.4, -0.2) is 19.6 Å². The molecular weight excluding hydrogens is 166 g/mol. The van der Waals surface area contributed by atoms with Crippen molar-refractivity contribution in [1.82, 2.24) is 19.6 Å². The zero-order chi connectivity index (χ0) is 9.42. The van der Waals surface area contributed by atoms with Gasteiger partial charge in [0.1, 0.15) is 5.82 Å². The average molecular weight is 177 g/mol. The highest BCUT2D eigenvalue weighted by Gasteiger charge is 2.04. The molecule has 2 aromatic rings. The molecule has 2 heterocycles. The van der Waals surface area contributed by atoms with Gasteiger partial charge in [-0.25, -0.2) is 9.50 Å². The summed E-state index contributed by atoms with van der Waals surface area (Å²) in [7, 11) is 0. The zero-order valence-electron chi connectivity index (χ0n) is 7.65. The predicted molar refractivity (Wildman–Crippen MR) is 48.1 cm³/mol. The Balaban J connectivity index is 2.75. The number of nitrogens with zero attached hydrogens (tertiary/aromatic N) is 4. The molecule has 0 saturated carbocycles. The minimum atomic E-state index is 0.426. The van der Waals surface area contributed by atoms with Gasteiger partial charge in [-0.05, 0) is 13.8 Å². The maximum absolute atomic E-state index is 5.49. The van der Waals surface area contributed by atoms with Gasteiger partial charge in [-0.3, -0.25) is 4.98 Å². The fraction of sp³-hybridized carbons (Fsp3) is 0.375. The Morgan fingerprint density at radius 1 is 1.38 bits per heavy atom. The van der Waals surface area contributed by atoms with Gasteiger partial charge in [-0.2, -0.15) is 5.10 Å². The summed E-state index contributed by atoms with van der Waals surface area (Å²) in [6, 6.07) is 0. The Morgan fingerprint density at radius 3 is 2.85 bits per heavy atom. The van der Waals surface area contributed by atoms with Crippen molar-refractivity contribution in [3.63, 3.8) is 0 Å². The highest BCUT2D eigenvalue weighted by atomic mass is 15.3. The topological polar surface area (TPSA) is 69.1 Å². The summed E-state index contributed by atoms with van der Waals surface area (Å²) >= 11 is 0. The van der Waals surface area contributed by atoms with Crippen molar-refractivity contribution < 1.29 is 0 Å². The van der Waals surface area contributed by atoms with Gasteiger partial charge in [0.25, 0.3) is 0 Å². The number of hydrogen-bond donors (Lipinski definition) is 1. The van der Waals surface area contributed by atoms with E-state index in [9.17, 15) is 0 Å². The third-order valence-corrected chi connectivity index (χ3v) is 1.85. The molecule has 0 aliphatic rings. The Bertz CT molecular complexity index is 445. The highest BCUT2D eigenvalue weighted by Crippen LogP contribution is 2.06. The SMILES string of the molecule is Cc1nc2c(C)nc(CN)cn2n1. The molecule has 2 rings (SSSR count). The molecule has 5 nitrogen and oxygen atoms in total. The fourth-order valence-electron chi connectivity index (χ4n) is 1.30. The molecule has 0 radical (unpaired) electrons. The first kappa shape index (κ1) is 8.12. The van der Waals surface area contributed by atoms with E-state index in [4.69, 9.17) is 5.73 Å². The Morgan fingerprint density at radius 2 is 2.15 bits per heavy atom.